The predicted molar refractivity (Wildman–Crippen MR) is 66.5 cm³/mol. The zero-order valence-electron chi connectivity index (χ0n) is 9.14. The molecule has 1 amide bonds. The third-order valence-electron chi connectivity index (χ3n) is 2.31. The number of ether oxygens (including phenoxy) is 1. The summed E-state index contributed by atoms with van der Waals surface area (Å²) in [5.41, 5.74) is 6.06. The fourth-order valence-corrected chi connectivity index (χ4v) is 2.31. The summed E-state index contributed by atoms with van der Waals surface area (Å²) in [5.74, 6) is 0.0476. The van der Waals surface area contributed by atoms with Crippen LogP contribution in [0.5, 0.6) is 11.5 Å². The van der Waals surface area contributed by atoms with Crippen molar-refractivity contribution in [1.29, 1.82) is 0 Å². The molecule has 1 heterocycles. The molecule has 5 heteroatoms. The molecule has 0 aliphatic rings. The lowest BCUT2D eigenvalue weighted by Crippen LogP contribution is -2.07. The van der Waals surface area contributed by atoms with Crippen LogP contribution in [0, 0.1) is 0 Å². The summed E-state index contributed by atoms with van der Waals surface area (Å²) >= 11 is 1.31. The summed E-state index contributed by atoms with van der Waals surface area (Å²) in [7, 11) is 1.49. The molecule has 2 aromatic rings. The summed E-state index contributed by atoms with van der Waals surface area (Å²) in [5, 5.41) is 9.48. The zero-order valence-corrected chi connectivity index (χ0v) is 9.95. The number of hydrogen-bond donors (Lipinski definition) is 2. The van der Waals surface area contributed by atoms with E-state index in [1.807, 2.05) is 6.07 Å². The van der Waals surface area contributed by atoms with Crippen LogP contribution in [0.4, 0.5) is 0 Å². The highest BCUT2D eigenvalue weighted by atomic mass is 32.1. The van der Waals surface area contributed by atoms with Crippen LogP contribution in [0.1, 0.15) is 9.67 Å². The lowest BCUT2D eigenvalue weighted by Gasteiger charge is -2.04. The number of benzene rings is 1. The van der Waals surface area contributed by atoms with Gasteiger partial charge < -0.3 is 15.6 Å². The Bertz CT molecular complexity index is 563. The minimum atomic E-state index is -0.438. The maximum Gasteiger partial charge on any atom is 0.258 e. The van der Waals surface area contributed by atoms with Crippen molar-refractivity contribution in [1.82, 2.24) is 0 Å². The van der Waals surface area contributed by atoms with Gasteiger partial charge in [0, 0.05) is 4.88 Å². The molecule has 4 nitrogen and oxygen atoms in total. The lowest BCUT2D eigenvalue weighted by atomic mass is 10.1. The van der Waals surface area contributed by atoms with E-state index in [2.05, 4.69) is 0 Å². The van der Waals surface area contributed by atoms with Crippen molar-refractivity contribution in [2.45, 2.75) is 0 Å². The Kier molecular flexibility index (Phi) is 3.01. The number of carbonyl (C=O) groups is 1. The van der Waals surface area contributed by atoms with Gasteiger partial charge in [0.05, 0.1) is 12.0 Å². The van der Waals surface area contributed by atoms with Crippen molar-refractivity contribution in [2.24, 2.45) is 5.73 Å². The van der Waals surface area contributed by atoms with Gasteiger partial charge in [-0.3, -0.25) is 4.79 Å². The smallest absolute Gasteiger partial charge is 0.258 e. The van der Waals surface area contributed by atoms with Crippen LogP contribution < -0.4 is 10.5 Å². The number of carbonyl (C=O) groups excluding carboxylic acids is 1. The fraction of sp³-hybridized carbons (Fsp3) is 0.0833. The first-order chi connectivity index (χ1) is 8.11. The summed E-state index contributed by atoms with van der Waals surface area (Å²) in [6.07, 6.45) is 0. The van der Waals surface area contributed by atoms with Gasteiger partial charge in [0.1, 0.15) is 0 Å². The molecular weight excluding hydrogens is 238 g/mol. The van der Waals surface area contributed by atoms with E-state index in [4.69, 9.17) is 10.5 Å². The van der Waals surface area contributed by atoms with Crippen LogP contribution in [-0.4, -0.2) is 18.1 Å². The lowest BCUT2D eigenvalue weighted by molar-refractivity contribution is 0.100. The summed E-state index contributed by atoms with van der Waals surface area (Å²) in [6.45, 7) is 0. The Labute approximate surface area is 102 Å². The number of amides is 1. The quantitative estimate of drug-likeness (QED) is 0.876. The van der Waals surface area contributed by atoms with E-state index in [9.17, 15) is 9.90 Å². The number of aromatic hydroxyl groups is 1. The maximum atomic E-state index is 11.0. The fourth-order valence-electron chi connectivity index (χ4n) is 1.46. The van der Waals surface area contributed by atoms with Gasteiger partial charge in [0.25, 0.3) is 5.91 Å². The Hall–Kier alpha value is -2.01. The van der Waals surface area contributed by atoms with E-state index in [0.29, 0.717) is 10.6 Å². The van der Waals surface area contributed by atoms with Gasteiger partial charge in [-0.25, -0.2) is 0 Å². The average molecular weight is 249 g/mol. The average Bonchev–Trinajstić information content (AvgIpc) is 2.79. The molecule has 0 radical (unpaired) electrons. The molecule has 17 heavy (non-hydrogen) atoms. The van der Waals surface area contributed by atoms with Crippen molar-refractivity contribution in [3.8, 4) is 21.9 Å². The summed E-state index contributed by atoms with van der Waals surface area (Å²) < 4.78 is 5.02. The SMILES string of the molecule is COc1cc(-c2ccc(C(N)=O)s2)ccc1O. The van der Waals surface area contributed by atoms with Crippen LogP contribution >= 0.6 is 11.3 Å². The molecule has 0 atom stereocenters. The van der Waals surface area contributed by atoms with E-state index >= 15 is 0 Å². The Morgan fingerprint density at radius 1 is 1.35 bits per heavy atom. The highest BCUT2D eigenvalue weighted by molar-refractivity contribution is 7.17. The monoisotopic (exact) mass is 249 g/mol. The third-order valence-corrected chi connectivity index (χ3v) is 3.46. The van der Waals surface area contributed by atoms with Crippen LogP contribution in [0.15, 0.2) is 30.3 Å². The topological polar surface area (TPSA) is 72.5 Å². The van der Waals surface area contributed by atoms with Crippen LogP contribution in [-0.2, 0) is 0 Å². The molecule has 88 valence electrons. The number of nitrogens with two attached hydrogens (primary N) is 1. The van der Waals surface area contributed by atoms with Gasteiger partial charge in [0.2, 0.25) is 0 Å². The molecule has 0 aliphatic heterocycles. The number of rotatable bonds is 3. The van der Waals surface area contributed by atoms with E-state index in [-0.39, 0.29) is 5.75 Å². The molecule has 0 saturated heterocycles. The standard InChI is InChI=1S/C12H11NO3S/c1-16-9-6-7(2-3-8(9)14)10-4-5-11(17-10)12(13)15/h2-6,14H,1H3,(H2,13,15). The largest absolute Gasteiger partial charge is 0.504 e. The van der Waals surface area contributed by atoms with Crippen LogP contribution in [0.2, 0.25) is 0 Å². The van der Waals surface area contributed by atoms with Gasteiger partial charge >= 0.3 is 0 Å². The third kappa shape index (κ3) is 2.24. The molecule has 0 bridgehead atoms. The highest BCUT2D eigenvalue weighted by Crippen LogP contribution is 2.34. The van der Waals surface area contributed by atoms with Gasteiger partial charge in [0.15, 0.2) is 11.5 Å². The molecule has 1 aromatic carbocycles. The maximum absolute atomic E-state index is 11.0. The van der Waals surface area contributed by atoms with Crippen molar-refractivity contribution in [3.05, 3.63) is 35.2 Å². The van der Waals surface area contributed by atoms with Crippen molar-refractivity contribution in [3.63, 3.8) is 0 Å². The molecule has 0 spiro atoms. The van der Waals surface area contributed by atoms with Gasteiger partial charge in [-0.1, -0.05) is 0 Å². The first kappa shape index (κ1) is 11.5. The number of phenols is 1. The molecule has 1 aromatic heterocycles. The van der Waals surface area contributed by atoms with E-state index in [1.54, 1.807) is 24.3 Å². The highest BCUT2D eigenvalue weighted by Gasteiger charge is 2.09. The molecular formula is C12H11NO3S. The summed E-state index contributed by atoms with van der Waals surface area (Å²) in [4.78, 5) is 12.4. The number of primary amides is 1. The van der Waals surface area contributed by atoms with E-state index in [1.165, 1.54) is 18.4 Å². The predicted octanol–water partition coefficient (Wildman–Crippen LogP) is 2.23. The van der Waals surface area contributed by atoms with E-state index in [0.717, 1.165) is 10.4 Å². The Balaban J connectivity index is 2.42. The van der Waals surface area contributed by atoms with Gasteiger partial charge in [-0.05, 0) is 35.9 Å². The zero-order chi connectivity index (χ0) is 12.4. The van der Waals surface area contributed by atoms with Crippen molar-refractivity contribution >= 4 is 17.2 Å². The van der Waals surface area contributed by atoms with E-state index < -0.39 is 5.91 Å². The number of hydrogen-bond acceptors (Lipinski definition) is 4. The van der Waals surface area contributed by atoms with Crippen LogP contribution in [0.3, 0.4) is 0 Å². The number of phenolic OH excluding ortho intramolecular Hbond substituents is 1. The minimum Gasteiger partial charge on any atom is -0.504 e. The molecule has 3 N–H and O–H groups in total. The second-order valence-electron chi connectivity index (χ2n) is 3.41. The normalized spacial score (nSPS) is 10.2. The van der Waals surface area contributed by atoms with Crippen molar-refractivity contribution in [2.75, 3.05) is 7.11 Å². The van der Waals surface area contributed by atoms with Crippen LogP contribution in [0.25, 0.3) is 10.4 Å². The van der Waals surface area contributed by atoms with Gasteiger partial charge in [-0.15, -0.1) is 11.3 Å². The minimum absolute atomic E-state index is 0.0860. The Morgan fingerprint density at radius 2 is 2.12 bits per heavy atom. The van der Waals surface area contributed by atoms with Crippen molar-refractivity contribution < 1.29 is 14.6 Å². The summed E-state index contributed by atoms with van der Waals surface area (Å²) in [6, 6.07) is 8.52. The first-order valence-electron chi connectivity index (χ1n) is 4.89. The first-order valence-corrected chi connectivity index (χ1v) is 5.70. The number of methoxy groups -OCH3 is 1. The molecule has 2 rings (SSSR count). The molecule has 0 fully saturated rings. The molecule has 0 saturated carbocycles. The Morgan fingerprint density at radius 3 is 2.71 bits per heavy atom. The molecule has 0 unspecified atom stereocenters. The molecule has 0 aliphatic carbocycles. The second-order valence-corrected chi connectivity index (χ2v) is 4.50. The second kappa shape index (κ2) is 4.47. The number of thiophene rings is 1. The van der Waals surface area contributed by atoms with Gasteiger partial charge in [-0.2, -0.15) is 0 Å².